The van der Waals surface area contributed by atoms with Gasteiger partial charge in [-0.05, 0) is 91.5 Å². The lowest BCUT2D eigenvalue weighted by atomic mass is 9.48. The highest BCUT2D eigenvalue weighted by molar-refractivity contribution is 5.94. The molecule has 9 nitrogen and oxygen atoms in total. The largest absolute Gasteiger partial charge is 0.493 e. The summed E-state index contributed by atoms with van der Waals surface area (Å²) in [5.41, 5.74) is 2.72. The fourth-order valence-electron chi connectivity index (χ4n) is 7.04. The maximum atomic E-state index is 12.6. The van der Waals surface area contributed by atoms with E-state index in [2.05, 4.69) is 32.6 Å². The highest BCUT2D eigenvalue weighted by Crippen LogP contribution is 2.60. The SMILES string of the molecule is O=C(NN=Cc1c(O)n(-c2ccc(C34CC5CC(CC(C5)C3)C4)cc2)c(=O)[nH]c1=O)c1cccnc1. The molecule has 7 rings (SSSR count). The van der Waals surface area contributed by atoms with Gasteiger partial charge in [0.25, 0.3) is 11.5 Å². The van der Waals surface area contributed by atoms with Gasteiger partial charge in [-0.2, -0.15) is 5.10 Å². The lowest BCUT2D eigenvalue weighted by molar-refractivity contribution is -0.00518. The number of aromatic amines is 1. The van der Waals surface area contributed by atoms with Crippen LogP contribution < -0.4 is 16.7 Å². The Labute approximate surface area is 206 Å². The number of carbonyl (C=O) groups excluding carboxylic acids is 1. The quantitative estimate of drug-likeness (QED) is 0.378. The zero-order chi connectivity index (χ0) is 24.9. The van der Waals surface area contributed by atoms with Crippen molar-refractivity contribution < 1.29 is 9.90 Å². The fraction of sp³-hybridized carbons (Fsp3) is 0.370. The van der Waals surface area contributed by atoms with Crippen molar-refractivity contribution in [1.82, 2.24) is 20.0 Å². The summed E-state index contributed by atoms with van der Waals surface area (Å²) < 4.78 is 1.04. The van der Waals surface area contributed by atoms with Crippen LogP contribution in [-0.4, -0.2) is 31.8 Å². The Morgan fingerprint density at radius 1 is 1.08 bits per heavy atom. The van der Waals surface area contributed by atoms with Crippen LogP contribution in [0.1, 0.15) is 60.0 Å². The third-order valence-electron chi connectivity index (χ3n) is 8.18. The van der Waals surface area contributed by atoms with Gasteiger partial charge in [0.2, 0.25) is 5.88 Å². The number of nitrogens with zero attached hydrogens (tertiary/aromatic N) is 3. The minimum atomic E-state index is -0.807. The van der Waals surface area contributed by atoms with Crippen molar-refractivity contribution in [3.63, 3.8) is 0 Å². The second-order valence-corrected chi connectivity index (χ2v) is 10.5. The molecule has 0 unspecified atom stereocenters. The van der Waals surface area contributed by atoms with Gasteiger partial charge in [-0.1, -0.05) is 12.1 Å². The molecule has 4 aliphatic rings. The number of benzene rings is 1. The highest BCUT2D eigenvalue weighted by atomic mass is 16.3. The molecule has 1 aromatic carbocycles. The first-order valence-electron chi connectivity index (χ1n) is 12.3. The van der Waals surface area contributed by atoms with Gasteiger partial charge in [0.1, 0.15) is 5.56 Å². The molecular formula is C27H27N5O4. The van der Waals surface area contributed by atoms with E-state index < -0.39 is 23.0 Å². The van der Waals surface area contributed by atoms with Crippen molar-refractivity contribution in [3.05, 3.63) is 86.3 Å². The summed E-state index contributed by atoms with van der Waals surface area (Å²) in [6.45, 7) is 0. The van der Waals surface area contributed by atoms with E-state index in [0.717, 1.165) is 28.5 Å². The molecule has 36 heavy (non-hydrogen) atoms. The van der Waals surface area contributed by atoms with Crippen LogP contribution in [0.25, 0.3) is 5.69 Å². The van der Waals surface area contributed by atoms with E-state index in [1.807, 2.05) is 12.1 Å². The van der Waals surface area contributed by atoms with Crippen molar-refractivity contribution in [2.75, 3.05) is 0 Å². The average Bonchev–Trinajstić information content (AvgIpc) is 2.86. The molecule has 4 fully saturated rings. The highest BCUT2D eigenvalue weighted by Gasteiger charge is 2.51. The normalized spacial score (nSPS) is 26.4. The number of amides is 1. The minimum absolute atomic E-state index is 0.218. The minimum Gasteiger partial charge on any atom is -0.493 e. The smallest absolute Gasteiger partial charge is 0.335 e. The number of hydrogen-bond acceptors (Lipinski definition) is 6. The van der Waals surface area contributed by atoms with Crippen LogP contribution in [0.5, 0.6) is 5.88 Å². The number of carbonyl (C=O) groups is 1. The Kier molecular flexibility index (Phi) is 5.35. The van der Waals surface area contributed by atoms with Crippen LogP contribution in [0.2, 0.25) is 0 Å². The third kappa shape index (κ3) is 3.84. The first kappa shape index (κ1) is 22.5. The molecule has 2 heterocycles. The second-order valence-electron chi connectivity index (χ2n) is 10.5. The summed E-state index contributed by atoms with van der Waals surface area (Å²) in [6, 6.07) is 10.9. The summed E-state index contributed by atoms with van der Waals surface area (Å²) in [4.78, 5) is 43.2. The summed E-state index contributed by atoms with van der Waals surface area (Å²) in [6.07, 6.45) is 11.7. The summed E-state index contributed by atoms with van der Waals surface area (Å²) in [7, 11) is 0. The van der Waals surface area contributed by atoms with Crippen LogP contribution in [-0.2, 0) is 5.41 Å². The molecule has 4 aliphatic carbocycles. The van der Waals surface area contributed by atoms with E-state index in [0.29, 0.717) is 5.69 Å². The Morgan fingerprint density at radius 3 is 2.36 bits per heavy atom. The van der Waals surface area contributed by atoms with E-state index >= 15 is 0 Å². The van der Waals surface area contributed by atoms with Crippen LogP contribution in [0, 0.1) is 17.8 Å². The van der Waals surface area contributed by atoms with Gasteiger partial charge in [0.15, 0.2) is 0 Å². The Bertz CT molecular complexity index is 1420. The van der Waals surface area contributed by atoms with Crippen LogP contribution >= 0.6 is 0 Å². The topological polar surface area (TPSA) is 129 Å². The lowest BCUT2D eigenvalue weighted by Crippen LogP contribution is -2.48. The molecule has 0 radical (unpaired) electrons. The maximum absolute atomic E-state index is 12.6. The summed E-state index contributed by atoms with van der Waals surface area (Å²) >= 11 is 0. The van der Waals surface area contributed by atoms with Gasteiger partial charge >= 0.3 is 5.69 Å². The second kappa shape index (κ2) is 8.58. The first-order valence-corrected chi connectivity index (χ1v) is 12.3. The first-order chi connectivity index (χ1) is 17.4. The number of nitrogens with one attached hydrogen (secondary N) is 2. The molecule has 0 atom stereocenters. The maximum Gasteiger partial charge on any atom is 0.335 e. The number of hydrogen-bond donors (Lipinski definition) is 3. The number of rotatable bonds is 5. The Morgan fingerprint density at radius 2 is 1.75 bits per heavy atom. The van der Waals surface area contributed by atoms with Gasteiger partial charge in [-0.25, -0.2) is 14.8 Å². The molecule has 0 aliphatic heterocycles. The summed E-state index contributed by atoms with van der Waals surface area (Å²) in [5.74, 6) is 1.39. The molecule has 3 aromatic rings. The molecule has 1 amide bonds. The molecular weight excluding hydrogens is 458 g/mol. The molecule has 4 saturated carbocycles. The lowest BCUT2D eigenvalue weighted by Gasteiger charge is -2.57. The monoisotopic (exact) mass is 485 g/mol. The van der Waals surface area contributed by atoms with Crippen molar-refractivity contribution in [1.29, 1.82) is 0 Å². The average molecular weight is 486 g/mol. The number of aromatic hydroxyl groups is 1. The molecule has 0 spiro atoms. The Hall–Kier alpha value is -4.01. The van der Waals surface area contributed by atoms with E-state index in [9.17, 15) is 19.5 Å². The number of hydrazone groups is 1. The molecule has 3 N–H and O–H groups in total. The zero-order valence-electron chi connectivity index (χ0n) is 19.7. The molecule has 2 aromatic heterocycles. The van der Waals surface area contributed by atoms with E-state index in [1.54, 1.807) is 12.1 Å². The van der Waals surface area contributed by atoms with Crippen molar-refractivity contribution >= 4 is 12.1 Å². The predicted molar refractivity (Wildman–Crippen MR) is 133 cm³/mol. The third-order valence-corrected chi connectivity index (χ3v) is 8.18. The zero-order valence-corrected chi connectivity index (χ0v) is 19.7. The van der Waals surface area contributed by atoms with Crippen LogP contribution in [0.4, 0.5) is 0 Å². The van der Waals surface area contributed by atoms with Gasteiger partial charge < -0.3 is 5.11 Å². The molecule has 9 heteroatoms. The van der Waals surface area contributed by atoms with Crippen LogP contribution in [0.15, 0.2) is 63.5 Å². The van der Waals surface area contributed by atoms with Crippen LogP contribution in [0.3, 0.4) is 0 Å². The summed E-state index contributed by atoms with van der Waals surface area (Å²) in [5, 5.41) is 14.6. The molecule has 0 saturated heterocycles. The predicted octanol–water partition coefficient (Wildman–Crippen LogP) is 2.86. The molecule has 184 valence electrons. The van der Waals surface area contributed by atoms with E-state index in [1.165, 1.54) is 56.5 Å². The fourth-order valence-corrected chi connectivity index (χ4v) is 7.04. The van der Waals surface area contributed by atoms with E-state index in [4.69, 9.17) is 0 Å². The van der Waals surface area contributed by atoms with Gasteiger partial charge in [0, 0.05) is 12.4 Å². The van der Waals surface area contributed by atoms with Crippen molar-refractivity contribution in [3.8, 4) is 11.6 Å². The van der Waals surface area contributed by atoms with E-state index in [-0.39, 0.29) is 16.5 Å². The molecule has 4 bridgehead atoms. The van der Waals surface area contributed by atoms with Crippen molar-refractivity contribution in [2.45, 2.75) is 43.9 Å². The Balaban J connectivity index is 1.27. The van der Waals surface area contributed by atoms with Crippen molar-refractivity contribution in [2.24, 2.45) is 22.9 Å². The number of H-pyrrole nitrogens is 1. The van der Waals surface area contributed by atoms with Gasteiger partial charge in [-0.3, -0.25) is 19.6 Å². The van der Waals surface area contributed by atoms with Gasteiger partial charge in [0.05, 0.1) is 17.5 Å². The standard InChI is InChI=1S/C27H27N5O4/c33-23(19-2-1-7-28-14-19)31-29-15-22-24(34)30-26(36)32(25(22)35)21-5-3-20(4-6-21)27-11-16-8-17(12-27)10-18(9-16)13-27/h1-7,14-18,35H,8-13H2,(H,31,33)(H,30,34,36). The van der Waals surface area contributed by atoms with Gasteiger partial charge in [-0.15, -0.1) is 0 Å². The number of aromatic nitrogens is 3. The number of pyridine rings is 1.